The summed E-state index contributed by atoms with van der Waals surface area (Å²) >= 11 is 0. The number of urea groups is 1. The lowest BCUT2D eigenvalue weighted by Gasteiger charge is -2.04. The van der Waals surface area contributed by atoms with Gasteiger partial charge in [-0.2, -0.15) is 4.90 Å². The molecule has 0 saturated heterocycles. The van der Waals surface area contributed by atoms with Gasteiger partial charge in [0.05, 0.1) is 7.05 Å². The maximum absolute atomic E-state index is 11.2. The van der Waals surface area contributed by atoms with Crippen molar-refractivity contribution in [2.75, 3.05) is 14.1 Å². The van der Waals surface area contributed by atoms with Crippen LogP contribution in [0.2, 0.25) is 0 Å². The van der Waals surface area contributed by atoms with E-state index in [0.717, 1.165) is 16.8 Å². The number of para-hydroxylation sites is 1. The van der Waals surface area contributed by atoms with Gasteiger partial charge in [0.15, 0.2) is 0 Å². The molecule has 16 heavy (non-hydrogen) atoms. The molecule has 1 aromatic carbocycles. The molecule has 0 atom stereocenters. The second kappa shape index (κ2) is 5.30. The molecule has 0 aliphatic carbocycles. The predicted molar refractivity (Wildman–Crippen MR) is 64.8 cm³/mol. The van der Waals surface area contributed by atoms with Crippen LogP contribution in [0.5, 0.6) is 0 Å². The normalized spacial score (nSPS) is 10.5. The maximum atomic E-state index is 11.2. The number of nitrogens with one attached hydrogen (secondary N) is 2. The first kappa shape index (κ1) is 12.2. The third-order valence-corrected chi connectivity index (χ3v) is 2.42. The lowest BCUT2D eigenvalue weighted by atomic mass is 10.1. The minimum Gasteiger partial charge on any atom is -0.321 e. The van der Waals surface area contributed by atoms with Gasteiger partial charge in [-0.05, 0) is 25.0 Å². The quantitative estimate of drug-likeness (QED) is 0.547. The molecular weight excluding hydrogens is 202 g/mol. The molecule has 4 heteroatoms. The highest BCUT2D eigenvalue weighted by Crippen LogP contribution is 2.12. The lowest BCUT2D eigenvalue weighted by Crippen LogP contribution is -2.66. The van der Waals surface area contributed by atoms with Crippen LogP contribution in [0.1, 0.15) is 11.1 Å². The summed E-state index contributed by atoms with van der Waals surface area (Å²) in [5.41, 5.74) is 3.35. The molecule has 0 bridgehead atoms. The fourth-order valence-corrected chi connectivity index (χ4v) is 1.44. The molecule has 2 N–H and O–H groups in total. The van der Waals surface area contributed by atoms with Gasteiger partial charge in [-0.3, -0.25) is 0 Å². The summed E-state index contributed by atoms with van der Waals surface area (Å²) in [6.07, 6.45) is 1.65. The molecule has 0 aliphatic heterocycles. The fourth-order valence-electron chi connectivity index (χ4n) is 1.44. The van der Waals surface area contributed by atoms with Gasteiger partial charge in [0.1, 0.15) is 5.69 Å². The molecule has 0 aliphatic rings. The maximum Gasteiger partial charge on any atom is 0.407 e. The SMILES string of the molecule is CNC(=O)N(C)C=[NH+]c1c(C)cccc1C. The molecule has 0 radical (unpaired) electrons. The number of amides is 2. The van der Waals surface area contributed by atoms with Gasteiger partial charge in [0, 0.05) is 7.05 Å². The molecule has 0 unspecified atom stereocenters. The van der Waals surface area contributed by atoms with E-state index >= 15 is 0 Å². The number of hydrogen-bond donors (Lipinski definition) is 2. The minimum atomic E-state index is -0.154. The van der Waals surface area contributed by atoms with Crippen LogP contribution in [0, 0.1) is 13.8 Å². The summed E-state index contributed by atoms with van der Waals surface area (Å²) in [6, 6.07) is 5.92. The topological polar surface area (TPSA) is 46.3 Å². The molecule has 86 valence electrons. The number of benzene rings is 1. The van der Waals surface area contributed by atoms with Crippen LogP contribution >= 0.6 is 0 Å². The van der Waals surface area contributed by atoms with Crippen molar-refractivity contribution < 1.29 is 9.79 Å². The first-order chi connectivity index (χ1) is 7.56. The highest BCUT2D eigenvalue weighted by atomic mass is 16.2. The van der Waals surface area contributed by atoms with E-state index < -0.39 is 0 Å². The number of carbonyl (C=O) groups excluding carboxylic acids is 1. The Bertz CT molecular complexity index is 392. The third kappa shape index (κ3) is 2.82. The summed E-state index contributed by atoms with van der Waals surface area (Å²) < 4.78 is 0. The standard InChI is InChI=1S/C12H17N3O/c1-9-6-5-7-10(2)11(9)14-8-15(4)12(16)13-3/h5-8H,1-4H3,(H,13,16)/p+1. The summed E-state index contributed by atoms with van der Waals surface area (Å²) in [5, 5.41) is 2.55. The van der Waals surface area contributed by atoms with Gasteiger partial charge in [-0.25, -0.2) is 9.79 Å². The Hall–Kier alpha value is -1.84. The monoisotopic (exact) mass is 220 g/mol. The molecule has 4 nitrogen and oxygen atoms in total. The van der Waals surface area contributed by atoms with Crippen molar-refractivity contribution in [1.82, 2.24) is 10.2 Å². The smallest absolute Gasteiger partial charge is 0.321 e. The van der Waals surface area contributed by atoms with Gasteiger partial charge >= 0.3 is 6.03 Å². The largest absolute Gasteiger partial charge is 0.407 e. The number of hydrogen-bond acceptors (Lipinski definition) is 1. The van der Waals surface area contributed by atoms with Crippen molar-refractivity contribution in [2.45, 2.75) is 13.8 Å². The van der Waals surface area contributed by atoms with Crippen LogP contribution in [0.15, 0.2) is 18.2 Å². The zero-order valence-corrected chi connectivity index (χ0v) is 10.2. The fraction of sp³-hybridized carbons (Fsp3) is 0.333. The molecule has 0 spiro atoms. The van der Waals surface area contributed by atoms with E-state index in [4.69, 9.17) is 0 Å². The van der Waals surface area contributed by atoms with Crippen LogP contribution in [0.25, 0.3) is 0 Å². The van der Waals surface area contributed by atoms with E-state index in [9.17, 15) is 4.79 Å². The van der Waals surface area contributed by atoms with E-state index in [0.29, 0.717) is 0 Å². The summed E-state index contributed by atoms with van der Waals surface area (Å²) in [6.45, 7) is 4.06. The van der Waals surface area contributed by atoms with Crippen LogP contribution in [0.3, 0.4) is 0 Å². The summed E-state index contributed by atoms with van der Waals surface area (Å²) in [5.74, 6) is 0. The summed E-state index contributed by atoms with van der Waals surface area (Å²) in [7, 11) is 3.30. The molecule has 0 heterocycles. The average molecular weight is 220 g/mol. The first-order valence-corrected chi connectivity index (χ1v) is 5.17. The zero-order valence-electron chi connectivity index (χ0n) is 10.2. The van der Waals surface area contributed by atoms with Crippen molar-refractivity contribution in [2.24, 2.45) is 0 Å². The molecule has 2 amide bonds. The second-order valence-electron chi connectivity index (χ2n) is 3.71. The van der Waals surface area contributed by atoms with Crippen molar-refractivity contribution in [3.8, 4) is 0 Å². The number of aryl methyl sites for hydroxylation is 2. The van der Waals surface area contributed by atoms with Crippen molar-refractivity contribution in [3.05, 3.63) is 29.3 Å². The van der Waals surface area contributed by atoms with Crippen molar-refractivity contribution >= 4 is 18.1 Å². The molecule has 0 saturated carbocycles. The Balaban J connectivity index is 2.88. The van der Waals surface area contributed by atoms with Crippen LogP contribution in [-0.2, 0) is 0 Å². The van der Waals surface area contributed by atoms with Gasteiger partial charge in [0.2, 0.25) is 6.34 Å². The van der Waals surface area contributed by atoms with Gasteiger partial charge in [-0.15, -0.1) is 0 Å². The number of rotatable bonds is 2. The number of carbonyl (C=O) groups is 1. The Kier molecular flexibility index (Phi) is 4.05. The lowest BCUT2D eigenvalue weighted by molar-refractivity contribution is -0.354. The Morgan fingerprint density at radius 1 is 1.38 bits per heavy atom. The Morgan fingerprint density at radius 3 is 2.44 bits per heavy atom. The van der Waals surface area contributed by atoms with Crippen LogP contribution < -0.4 is 10.3 Å². The molecule has 1 aromatic rings. The van der Waals surface area contributed by atoms with Crippen LogP contribution in [0.4, 0.5) is 10.5 Å². The highest BCUT2D eigenvalue weighted by molar-refractivity contribution is 5.84. The average Bonchev–Trinajstić information content (AvgIpc) is 2.27. The van der Waals surface area contributed by atoms with Gasteiger partial charge in [-0.1, -0.05) is 18.2 Å². The number of nitrogens with zero attached hydrogens (tertiary/aromatic N) is 1. The third-order valence-electron chi connectivity index (χ3n) is 2.42. The molecule has 0 aromatic heterocycles. The Labute approximate surface area is 96.0 Å². The van der Waals surface area contributed by atoms with E-state index in [1.54, 1.807) is 20.4 Å². The van der Waals surface area contributed by atoms with E-state index in [1.807, 2.05) is 32.0 Å². The van der Waals surface area contributed by atoms with Crippen LogP contribution in [-0.4, -0.2) is 31.4 Å². The van der Waals surface area contributed by atoms with Crippen molar-refractivity contribution in [1.29, 1.82) is 0 Å². The minimum absolute atomic E-state index is 0.154. The van der Waals surface area contributed by atoms with E-state index in [2.05, 4.69) is 10.3 Å². The molecular formula is C12H18N3O+. The highest BCUT2D eigenvalue weighted by Gasteiger charge is 2.10. The van der Waals surface area contributed by atoms with Crippen molar-refractivity contribution in [3.63, 3.8) is 0 Å². The first-order valence-electron chi connectivity index (χ1n) is 5.17. The molecule has 1 rings (SSSR count). The second-order valence-corrected chi connectivity index (χ2v) is 3.71. The summed E-state index contributed by atoms with van der Waals surface area (Å²) in [4.78, 5) is 15.8. The molecule has 0 fully saturated rings. The van der Waals surface area contributed by atoms with E-state index in [-0.39, 0.29) is 6.03 Å². The van der Waals surface area contributed by atoms with E-state index in [1.165, 1.54) is 4.90 Å². The van der Waals surface area contributed by atoms with Gasteiger partial charge in [0.25, 0.3) is 0 Å². The predicted octanol–water partition coefficient (Wildman–Crippen LogP) is 0.315. The Morgan fingerprint density at radius 2 is 1.94 bits per heavy atom. The van der Waals surface area contributed by atoms with Gasteiger partial charge < -0.3 is 5.32 Å². The zero-order chi connectivity index (χ0) is 12.1.